The SMILES string of the molecule is CCCC(=O)Nc1cccc(CNC(=O)c2ccc(CSc3ncn[nH]3)cc2)c1. The summed E-state index contributed by atoms with van der Waals surface area (Å²) >= 11 is 1.55. The quantitative estimate of drug-likeness (QED) is 0.467. The van der Waals surface area contributed by atoms with E-state index in [2.05, 4.69) is 25.8 Å². The molecule has 8 heteroatoms. The van der Waals surface area contributed by atoms with E-state index in [0.717, 1.165) is 34.1 Å². The maximum Gasteiger partial charge on any atom is 0.251 e. The van der Waals surface area contributed by atoms with Gasteiger partial charge in [0.25, 0.3) is 5.91 Å². The molecule has 0 aliphatic heterocycles. The third kappa shape index (κ3) is 6.46. The van der Waals surface area contributed by atoms with Gasteiger partial charge in [0.05, 0.1) is 0 Å². The number of aromatic nitrogens is 3. The molecule has 29 heavy (non-hydrogen) atoms. The van der Waals surface area contributed by atoms with Crippen molar-refractivity contribution in [3.63, 3.8) is 0 Å². The van der Waals surface area contributed by atoms with E-state index < -0.39 is 0 Å². The average molecular weight is 410 g/mol. The number of aromatic amines is 1. The van der Waals surface area contributed by atoms with Gasteiger partial charge in [-0.2, -0.15) is 5.10 Å². The lowest BCUT2D eigenvalue weighted by Crippen LogP contribution is -2.22. The van der Waals surface area contributed by atoms with Crippen molar-refractivity contribution in [1.82, 2.24) is 20.5 Å². The van der Waals surface area contributed by atoms with E-state index >= 15 is 0 Å². The molecular formula is C21H23N5O2S. The van der Waals surface area contributed by atoms with Gasteiger partial charge in [-0.05, 0) is 41.8 Å². The molecule has 2 amide bonds. The first kappa shape index (κ1) is 20.6. The van der Waals surface area contributed by atoms with Crippen LogP contribution in [-0.4, -0.2) is 27.0 Å². The highest BCUT2D eigenvalue weighted by Gasteiger charge is 2.07. The van der Waals surface area contributed by atoms with E-state index in [1.165, 1.54) is 6.33 Å². The van der Waals surface area contributed by atoms with Crippen molar-refractivity contribution in [2.24, 2.45) is 0 Å². The third-order valence-electron chi connectivity index (χ3n) is 4.13. The van der Waals surface area contributed by atoms with Crippen LogP contribution < -0.4 is 10.6 Å². The van der Waals surface area contributed by atoms with Gasteiger partial charge in [0, 0.05) is 30.0 Å². The standard InChI is InChI=1S/C21H23N5O2S/c1-2-4-19(27)25-18-6-3-5-16(11-18)12-22-20(28)17-9-7-15(8-10-17)13-29-21-23-14-24-26-21/h3,5-11,14H,2,4,12-13H2,1H3,(H,22,28)(H,25,27)(H,23,24,26). The van der Waals surface area contributed by atoms with Crippen LogP contribution in [0.5, 0.6) is 0 Å². The van der Waals surface area contributed by atoms with Crippen LogP contribution in [0.25, 0.3) is 0 Å². The summed E-state index contributed by atoms with van der Waals surface area (Å²) in [7, 11) is 0. The molecule has 0 aliphatic rings. The molecule has 0 atom stereocenters. The Bertz CT molecular complexity index is 942. The molecule has 0 saturated heterocycles. The average Bonchev–Trinajstić information content (AvgIpc) is 3.25. The molecule has 150 valence electrons. The molecule has 2 aromatic carbocycles. The molecule has 7 nitrogen and oxygen atoms in total. The van der Waals surface area contributed by atoms with Crippen LogP contribution in [0.2, 0.25) is 0 Å². The van der Waals surface area contributed by atoms with Crippen molar-refractivity contribution in [1.29, 1.82) is 0 Å². The van der Waals surface area contributed by atoms with Gasteiger partial charge in [0.1, 0.15) is 6.33 Å². The highest BCUT2D eigenvalue weighted by molar-refractivity contribution is 7.98. The monoisotopic (exact) mass is 409 g/mol. The van der Waals surface area contributed by atoms with Crippen molar-refractivity contribution >= 4 is 29.3 Å². The highest BCUT2D eigenvalue weighted by Crippen LogP contribution is 2.18. The predicted octanol–water partition coefficient (Wildman–Crippen LogP) is 3.77. The van der Waals surface area contributed by atoms with Crippen LogP contribution in [0.4, 0.5) is 5.69 Å². The number of benzene rings is 2. The summed E-state index contributed by atoms with van der Waals surface area (Å²) in [6.07, 6.45) is 2.78. The number of carbonyl (C=O) groups is 2. The van der Waals surface area contributed by atoms with Gasteiger partial charge in [-0.3, -0.25) is 14.7 Å². The largest absolute Gasteiger partial charge is 0.348 e. The van der Waals surface area contributed by atoms with E-state index in [1.807, 2.05) is 55.5 Å². The van der Waals surface area contributed by atoms with E-state index in [9.17, 15) is 9.59 Å². The van der Waals surface area contributed by atoms with Gasteiger partial charge in [-0.25, -0.2) is 4.98 Å². The molecule has 0 fully saturated rings. The summed E-state index contributed by atoms with van der Waals surface area (Å²) < 4.78 is 0. The normalized spacial score (nSPS) is 10.5. The van der Waals surface area contributed by atoms with E-state index in [-0.39, 0.29) is 11.8 Å². The van der Waals surface area contributed by atoms with Crippen molar-refractivity contribution in [2.75, 3.05) is 5.32 Å². The fraction of sp³-hybridized carbons (Fsp3) is 0.238. The Kier molecular flexibility index (Phi) is 7.40. The van der Waals surface area contributed by atoms with E-state index in [0.29, 0.717) is 18.5 Å². The number of hydrogen-bond donors (Lipinski definition) is 3. The molecule has 0 saturated carbocycles. The van der Waals surface area contributed by atoms with Crippen molar-refractivity contribution < 1.29 is 9.59 Å². The summed E-state index contributed by atoms with van der Waals surface area (Å²) in [5.74, 6) is 0.600. The molecule has 3 N–H and O–H groups in total. The first-order chi connectivity index (χ1) is 14.1. The summed E-state index contributed by atoms with van der Waals surface area (Å²) in [5, 5.41) is 13.2. The summed E-state index contributed by atoms with van der Waals surface area (Å²) in [6.45, 7) is 2.35. The lowest BCUT2D eigenvalue weighted by molar-refractivity contribution is -0.116. The zero-order valence-corrected chi connectivity index (χ0v) is 17.0. The third-order valence-corrected chi connectivity index (χ3v) is 5.07. The molecule has 0 unspecified atom stereocenters. The van der Waals surface area contributed by atoms with Gasteiger partial charge in [-0.15, -0.1) is 0 Å². The summed E-state index contributed by atoms with van der Waals surface area (Å²) in [5.41, 5.74) is 3.36. The first-order valence-corrected chi connectivity index (χ1v) is 10.4. The number of nitrogens with zero attached hydrogens (tertiary/aromatic N) is 2. The van der Waals surface area contributed by atoms with E-state index in [1.54, 1.807) is 11.8 Å². The van der Waals surface area contributed by atoms with Gasteiger partial charge < -0.3 is 10.6 Å². The van der Waals surface area contributed by atoms with Crippen LogP contribution >= 0.6 is 11.8 Å². The Hall–Kier alpha value is -3.13. The Morgan fingerprint density at radius 3 is 2.66 bits per heavy atom. The zero-order valence-electron chi connectivity index (χ0n) is 16.1. The number of amides is 2. The van der Waals surface area contributed by atoms with Crippen LogP contribution in [0.3, 0.4) is 0 Å². The number of nitrogens with one attached hydrogen (secondary N) is 3. The minimum Gasteiger partial charge on any atom is -0.348 e. The lowest BCUT2D eigenvalue weighted by atomic mass is 10.1. The second-order valence-electron chi connectivity index (χ2n) is 6.46. The fourth-order valence-corrected chi connectivity index (χ4v) is 3.40. The Balaban J connectivity index is 1.50. The van der Waals surface area contributed by atoms with Crippen molar-refractivity contribution in [3.05, 3.63) is 71.5 Å². The van der Waals surface area contributed by atoms with Crippen LogP contribution in [0.1, 0.15) is 41.3 Å². The number of thioether (sulfide) groups is 1. The minimum absolute atomic E-state index is 0.00440. The van der Waals surface area contributed by atoms with Gasteiger partial charge in [-0.1, -0.05) is 43.0 Å². The molecule has 0 radical (unpaired) electrons. The maximum atomic E-state index is 12.4. The number of anilines is 1. The minimum atomic E-state index is -0.139. The highest BCUT2D eigenvalue weighted by atomic mass is 32.2. The molecule has 1 aromatic heterocycles. The van der Waals surface area contributed by atoms with Crippen LogP contribution in [0, 0.1) is 0 Å². The first-order valence-electron chi connectivity index (χ1n) is 9.38. The van der Waals surface area contributed by atoms with Crippen molar-refractivity contribution in [2.45, 2.75) is 37.2 Å². The zero-order chi connectivity index (χ0) is 20.5. The number of carbonyl (C=O) groups excluding carboxylic acids is 2. The molecule has 3 rings (SSSR count). The second kappa shape index (κ2) is 10.4. The topological polar surface area (TPSA) is 99.8 Å². The van der Waals surface area contributed by atoms with Crippen molar-refractivity contribution in [3.8, 4) is 0 Å². The van der Waals surface area contributed by atoms with Gasteiger partial charge >= 0.3 is 0 Å². The Morgan fingerprint density at radius 2 is 1.93 bits per heavy atom. The smallest absolute Gasteiger partial charge is 0.251 e. The fourth-order valence-electron chi connectivity index (χ4n) is 2.66. The molecule has 0 aliphatic carbocycles. The van der Waals surface area contributed by atoms with Crippen LogP contribution in [-0.2, 0) is 17.1 Å². The second-order valence-corrected chi connectivity index (χ2v) is 7.42. The lowest BCUT2D eigenvalue weighted by Gasteiger charge is -2.09. The molecule has 3 aromatic rings. The number of hydrogen-bond acceptors (Lipinski definition) is 5. The summed E-state index contributed by atoms with van der Waals surface area (Å²) in [4.78, 5) is 28.2. The summed E-state index contributed by atoms with van der Waals surface area (Å²) in [6, 6.07) is 15.0. The number of H-pyrrole nitrogens is 1. The molecule has 0 spiro atoms. The predicted molar refractivity (Wildman–Crippen MR) is 114 cm³/mol. The Morgan fingerprint density at radius 1 is 1.10 bits per heavy atom. The molecule has 0 bridgehead atoms. The Labute approximate surface area is 173 Å². The van der Waals surface area contributed by atoms with Gasteiger partial charge in [0.2, 0.25) is 5.91 Å². The van der Waals surface area contributed by atoms with E-state index in [4.69, 9.17) is 0 Å². The van der Waals surface area contributed by atoms with Crippen LogP contribution in [0.15, 0.2) is 60.0 Å². The maximum absolute atomic E-state index is 12.4. The van der Waals surface area contributed by atoms with Gasteiger partial charge in [0.15, 0.2) is 5.16 Å². The number of rotatable bonds is 9. The molecule has 1 heterocycles. The molecular weight excluding hydrogens is 386 g/mol.